The largest absolute Gasteiger partial charge is 0.495 e. The lowest BCUT2D eigenvalue weighted by Gasteiger charge is -2.44. The zero-order chi connectivity index (χ0) is 65.4. The van der Waals surface area contributed by atoms with Gasteiger partial charge in [-0.1, -0.05) is 106 Å². The third-order valence-corrected chi connectivity index (χ3v) is 18.7. The van der Waals surface area contributed by atoms with E-state index in [9.17, 15) is 48.9 Å². The predicted octanol–water partition coefficient (Wildman–Crippen LogP) is 5.75. The van der Waals surface area contributed by atoms with Crippen molar-refractivity contribution in [2.45, 2.75) is 171 Å². The summed E-state index contributed by atoms with van der Waals surface area (Å²) in [6, 6.07) is 3.42. The van der Waals surface area contributed by atoms with Crippen LogP contribution in [0.5, 0.6) is 5.75 Å². The van der Waals surface area contributed by atoms with Crippen LogP contribution in [0.3, 0.4) is 0 Å². The maximum Gasteiger partial charge on any atom is 0.328 e. The molecule has 3 aliphatic heterocycles. The third-order valence-electron chi connectivity index (χ3n) is 16.1. The Hall–Kier alpha value is -4.97. The Balaban J connectivity index is 1.32. The Bertz CT molecular complexity index is 2840. The molecule has 28 heteroatoms. The number of methoxy groups -OCH3 is 2. The summed E-state index contributed by atoms with van der Waals surface area (Å²) in [7, 11) is 5.91. The number of urea groups is 1. The van der Waals surface area contributed by atoms with E-state index in [1.54, 1.807) is 53.0 Å². The van der Waals surface area contributed by atoms with E-state index >= 15 is 0 Å². The molecule has 0 saturated carbocycles. The van der Waals surface area contributed by atoms with Crippen molar-refractivity contribution >= 4 is 108 Å². The first-order valence-corrected chi connectivity index (χ1v) is 32.1. The number of amides is 6. The summed E-state index contributed by atoms with van der Waals surface area (Å²) < 4.78 is 35.7. The fourth-order valence-electron chi connectivity index (χ4n) is 10.5. The van der Waals surface area contributed by atoms with Crippen LogP contribution in [-0.2, 0) is 54.1 Å². The van der Waals surface area contributed by atoms with Gasteiger partial charge in [-0.05, 0) is 94.7 Å². The zero-order valence-corrected chi connectivity index (χ0v) is 56.1. The summed E-state index contributed by atoms with van der Waals surface area (Å²) in [4.78, 5) is 95.2. The summed E-state index contributed by atoms with van der Waals surface area (Å²) in [6.07, 6.45) is 1.51. The normalized spacial score (nSPS) is 26.0. The number of epoxide rings is 1. The van der Waals surface area contributed by atoms with Crippen molar-refractivity contribution in [2.75, 3.05) is 62.3 Å². The molecule has 3 heterocycles. The molecule has 2 aromatic rings. The van der Waals surface area contributed by atoms with E-state index in [-0.39, 0.29) is 65.9 Å². The number of nitrogens with two attached hydrogens (primary N) is 1. The van der Waals surface area contributed by atoms with Crippen molar-refractivity contribution < 1.29 is 77.3 Å². The number of likely N-dealkylation sites (N-methyl/N-ethyl adjacent to an activating group) is 1. The van der Waals surface area contributed by atoms with Crippen LogP contribution in [0.1, 0.15) is 109 Å². The smallest absolute Gasteiger partial charge is 0.328 e. The summed E-state index contributed by atoms with van der Waals surface area (Å²) in [5.74, 6) is -3.88. The molecule has 0 aliphatic carbocycles. The lowest BCUT2D eigenvalue weighted by Crippen LogP contribution is -2.65. The van der Waals surface area contributed by atoms with Gasteiger partial charge < -0.3 is 85.3 Å². The second kappa shape index (κ2) is 33.4. The van der Waals surface area contributed by atoms with Crippen molar-refractivity contribution in [3.63, 3.8) is 0 Å². The molecule has 2 fully saturated rings. The highest BCUT2D eigenvalue weighted by atomic mass is 79.9. The molecule has 2 unspecified atom stereocenters. The van der Waals surface area contributed by atoms with Gasteiger partial charge in [0.2, 0.25) is 24.1 Å². The highest BCUT2D eigenvalue weighted by Gasteiger charge is 2.64. The molecule has 2 saturated heterocycles. The van der Waals surface area contributed by atoms with Crippen LogP contribution in [0.2, 0.25) is 10.0 Å². The van der Waals surface area contributed by atoms with Crippen molar-refractivity contribution in [1.82, 2.24) is 26.2 Å². The fourth-order valence-corrected chi connectivity index (χ4v) is 12.6. The van der Waals surface area contributed by atoms with E-state index in [2.05, 4.69) is 58.4 Å². The maximum atomic E-state index is 14.4. The minimum Gasteiger partial charge on any atom is -0.495 e. The van der Waals surface area contributed by atoms with Crippen molar-refractivity contribution in [1.29, 1.82) is 0 Å². The third kappa shape index (κ3) is 19.5. The Morgan fingerprint density at radius 2 is 1.73 bits per heavy atom. The zero-order valence-electron chi connectivity index (χ0n) is 51.4. The number of halogens is 4. The van der Waals surface area contributed by atoms with Crippen LogP contribution in [-0.4, -0.2) is 186 Å². The van der Waals surface area contributed by atoms with Gasteiger partial charge in [-0.25, -0.2) is 14.9 Å². The quantitative estimate of drug-likeness (QED) is 0.0178. The number of anilines is 2. The monoisotopic (exact) mass is 1400 g/mol. The number of nitrogens with zero attached hydrogens (tertiary/aromatic N) is 2. The Morgan fingerprint density at radius 3 is 2.35 bits per heavy atom. The number of hydrogen-bond donors (Lipinski definition) is 9. The van der Waals surface area contributed by atoms with E-state index in [1.165, 1.54) is 51.3 Å². The van der Waals surface area contributed by atoms with Crippen LogP contribution < -0.4 is 42.0 Å². The van der Waals surface area contributed by atoms with Crippen LogP contribution in [0.4, 0.5) is 16.2 Å². The molecular formula is C60H86Br2Cl2N8O16. The first-order valence-electron chi connectivity index (χ1n) is 29.1. The number of fused-ring (bicyclic) bond motifs is 5. The SMILES string of the molecule is COc1cc2cc(c1Cl)N(C)C(O)C[C@H](OC(=O)[C@H](C)N(C)C(=O)c1ccc(NC(=O)[C@H](CCCNC(N)=O)NC(=O)[C@@H](NC(=O)CCCCCOC(C=O)(CBr)CBr)C(C)C)cc1Cl)[C@]1(C)O[C@H]1[C@H](C)[C@@H]1C[C@@](O)(NC(O)O1)[C@H](OC)/C=C/C=C(\C)C2. The summed E-state index contributed by atoms with van der Waals surface area (Å²) in [5.41, 5.74) is 3.37. The number of benzene rings is 2. The fraction of sp³-hybridized carbons (Fsp3) is 0.617. The van der Waals surface area contributed by atoms with Crippen LogP contribution in [0.25, 0.3) is 0 Å². The number of ether oxygens (including phenoxy) is 6. The van der Waals surface area contributed by atoms with Crippen molar-refractivity contribution in [3.05, 3.63) is 75.3 Å². The highest BCUT2D eigenvalue weighted by molar-refractivity contribution is 9.10. The molecule has 3 aliphatic rings. The second-order valence-corrected chi connectivity index (χ2v) is 25.1. The molecular weight excluding hydrogens is 1320 g/mol. The molecule has 5 rings (SSSR count). The topological polar surface area (TPSA) is 332 Å². The average Bonchev–Trinajstić information content (AvgIpc) is 1.58. The standard InChI is InChI=1S/C60H86Br2Cl2N8O16/c1-33(2)50(69-47(74)19-12-11-13-23-85-59(30-61,31-62)32-73)53(77)68-41(17-15-22-66-56(65)80)52(76)67-38-20-21-39(40(63)27-38)54(78)71(7)36(5)55(79)87-46-28-48(75)72(8)42-25-37(26-43(83-9)49(42)64)24-34(3)16-14-18-45(84-10)60(82)29-44(86-57(81)70-60)35(4)51-58(46,6)88-51/h14,16,18,20-21,25-27,32-33,35-36,41,44-46,48,50-51,57,70,75,81-82H,11-13,15,17,19,22-24,28-31H2,1-10H3,(H,67,76)(H,68,77)(H,69,74)(H3,65,66,80)/b18-14+,34-16+/t35-,36+,41+,44+,45-,46+,48?,50+,51+,57?,58+,60+/m1/s1. The van der Waals surface area contributed by atoms with Gasteiger partial charge in [0.25, 0.3) is 5.91 Å². The van der Waals surface area contributed by atoms with Gasteiger partial charge in [0, 0.05) is 75.9 Å². The van der Waals surface area contributed by atoms with Gasteiger partial charge in [0.1, 0.15) is 58.5 Å². The molecule has 24 nitrogen and oxygen atoms in total. The van der Waals surface area contributed by atoms with Crippen molar-refractivity contribution in [3.8, 4) is 5.75 Å². The number of aliphatic hydroxyl groups excluding tert-OH is 2. The summed E-state index contributed by atoms with van der Waals surface area (Å²) in [6.45, 7) is 10.8. The lowest BCUT2D eigenvalue weighted by atomic mass is 9.83. The number of carbonyl (C=O) groups excluding carboxylic acids is 7. The number of unbranched alkanes of at least 4 members (excludes halogenated alkanes) is 2. The number of hydrogen-bond acceptors (Lipinski definition) is 18. The molecule has 0 radical (unpaired) electrons. The summed E-state index contributed by atoms with van der Waals surface area (Å²) in [5, 5.41) is 49.2. The molecule has 0 spiro atoms. The van der Waals surface area contributed by atoms with Gasteiger partial charge in [-0.15, -0.1) is 0 Å². The maximum absolute atomic E-state index is 14.4. The molecule has 0 aromatic heterocycles. The number of nitrogens with one attached hydrogen (secondary N) is 5. The van der Waals surface area contributed by atoms with Crippen LogP contribution in [0.15, 0.2) is 54.1 Å². The van der Waals surface area contributed by atoms with E-state index in [0.717, 1.165) is 22.3 Å². The number of alkyl halides is 2. The molecule has 490 valence electrons. The number of rotatable bonds is 26. The molecule has 12 atom stereocenters. The van der Waals surface area contributed by atoms with Crippen molar-refractivity contribution in [2.24, 2.45) is 17.6 Å². The minimum atomic E-state index is -1.81. The number of aliphatic hydroxyl groups is 3. The van der Waals surface area contributed by atoms with E-state index in [1.807, 2.05) is 19.1 Å². The first kappa shape index (κ1) is 73.8. The Kier molecular flexibility index (Phi) is 28.0. The van der Waals surface area contributed by atoms with Crippen LogP contribution >= 0.6 is 55.1 Å². The summed E-state index contributed by atoms with van der Waals surface area (Å²) >= 11 is 20.3. The highest BCUT2D eigenvalue weighted by Crippen LogP contribution is 2.50. The number of primary amides is 1. The van der Waals surface area contributed by atoms with E-state index < -0.39 is 114 Å². The minimum absolute atomic E-state index is 0.0301. The Morgan fingerprint density at radius 1 is 1.02 bits per heavy atom. The molecule has 88 heavy (non-hydrogen) atoms. The number of aldehydes is 1. The molecule has 10 N–H and O–H groups in total. The van der Waals surface area contributed by atoms with Gasteiger partial charge in [0.05, 0.1) is 35.6 Å². The van der Waals surface area contributed by atoms with Gasteiger partial charge >= 0.3 is 12.0 Å². The number of carbonyl (C=O) groups is 7. The number of esters is 1. The van der Waals surface area contributed by atoms with Gasteiger partial charge in [-0.3, -0.25) is 19.2 Å². The Labute approximate surface area is 541 Å². The number of allylic oxidation sites excluding steroid dienone is 3. The van der Waals surface area contributed by atoms with Gasteiger partial charge in [0.15, 0.2) is 12.0 Å². The van der Waals surface area contributed by atoms with Gasteiger partial charge in [-0.2, -0.15) is 0 Å². The second-order valence-electron chi connectivity index (χ2n) is 23.2. The molecule has 6 amide bonds. The average molecular weight is 1410 g/mol. The van der Waals surface area contributed by atoms with Crippen LogP contribution in [0, 0.1) is 11.8 Å². The van der Waals surface area contributed by atoms with E-state index in [4.69, 9.17) is 57.4 Å². The molecule has 2 aromatic carbocycles. The van der Waals surface area contributed by atoms with E-state index in [0.29, 0.717) is 54.4 Å². The molecule has 4 bridgehead atoms. The lowest BCUT2D eigenvalue weighted by molar-refractivity contribution is -0.271. The predicted molar refractivity (Wildman–Crippen MR) is 338 cm³/mol. The first-order chi connectivity index (χ1) is 41.5.